The average molecular weight is 119 g/mol. The maximum atomic E-state index is 7.25. The third-order valence-corrected chi connectivity index (χ3v) is 0. The Kier molecular flexibility index (Phi) is 1270. The van der Waals surface area contributed by atoms with Crippen LogP contribution in [-0.4, -0.2) is 0 Å². The summed E-state index contributed by atoms with van der Waals surface area (Å²) in [6, 6.07) is 0. The van der Waals surface area contributed by atoms with Gasteiger partial charge in [0.2, 0.25) is 0 Å². The first-order valence-electron chi connectivity index (χ1n) is 0.365. The Balaban J connectivity index is -0.0000000133. The number of nitrogens with zero attached hydrogens (tertiary/aromatic N) is 2. The van der Waals surface area contributed by atoms with Crippen molar-refractivity contribution in [2.75, 3.05) is 0 Å². The van der Waals surface area contributed by atoms with Crippen molar-refractivity contribution < 1.29 is 16.5 Å². The quantitative estimate of drug-likeness (QED) is 0.438. The summed E-state index contributed by atoms with van der Waals surface area (Å²) in [6.45, 7) is 0. The van der Waals surface area contributed by atoms with Crippen LogP contribution in [-0.2, 0) is 16.5 Å². The molecule has 5 heavy (non-hydrogen) atoms. The van der Waals surface area contributed by atoms with Crippen LogP contribution in [0.4, 0.5) is 0 Å². The molecule has 0 saturated heterocycles. The molecule has 0 atom stereocenters. The summed E-state index contributed by atoms with van der Waals surface area (Å²) in [5, 5.41) is 0. The van der Waals surface area contributed by atoms with Gasteiger partial charge in [0, 0.05) is 0 Å². The molecule has 32 valence electrons. The van der Waals surface area contributed by atoms with E-state index in [4.69, 9.17) is 21.0 Å². The van der Waals surface area contributed by atoms with Gasteiger partial charge in [-0.25, -0.2) is 0 Å². The van der Waals surface area contributed by atoms with Crippen LogP contribution in [0, 0.1) is 9.81 Å². The van der Waals surface area contributed by atoms with Crippen LogP contribution in [0.25, 0.3) is 11.2 Å². The summed E-state index contributed by atoms with van der Waals surface area (Å²) in [7, 11) is 0. The second-order valence-electron chi connectivity index (χ2n) is 0. The van der Waals surface area contributed by atoms with Gasteiger partial charge in [0.1, 0.15) is 0 Å². The van der Waals surface area contributed by atoms with Gasteiger partial charge in [0.15, 0.2) is 0 Å². The van der Waals surface area contributed by atoms with Crippen LogP contribution in [0.2, 0.25) is 0 Å². The zero-order valence-electron chi connectivity index (χ0n) is 2.03. The Labute approximate surface area is 38.4 Å². The van der Waals surface area contributed by atoms with Crippen molar-refractivity contribution in [1.29, 1.82) is 0 Å². The molecule has 0 N–H and O–H groups in total. The normalized spacial score (nSPS) is 1.60. The Morgan fingerprint density at radius 1 is 0.800 bits per heavy atom. The molecule has 0 radical (unpaired) electrons. The second kappa shape index (κ2) is 285. The summed E-state index contributed by atoms with van der Waals surface area (Å²) in [4.78, 5) is 14.5. The van der Waals surface area contributed by atoms with Crippen LogP contribution in [0.15, 0.2) is 0 Å². The van der Waals surface area contributed by atoms with Gasteiger partial charge in [0.05, 0.1) is 0 Å². The fourth-order valence-electron chi connectivity index (χ4n) is 0. The van der Waals surface area contributed by atoms with Gasteiger partial charge in [-0.2, -0.15) is 0 Å². The Morgan fingerprint density at radius 3 is 0.800 bits per heavy atom. The van der Waals surface area contributed by atoms with Gasteiger partial charge in [0.25, 0.3) is 0 Å². The molecule has 4 nitrogen and oxygen atoms in total. The number of hydrogen-bond donors (Lipinski definition) is 0. The van der Waals surface area contributed by atoms with E-state index in [-0.39, 0.29) is 16.5 Å². The molecule has 0 fully saturated rings. The molecule has 0 aliphatic carbocycles. The van der Waals surface area contributed by atoms with Crippen molar-refractivity contribution in [1.82, 2.24) is 0 Å². The van der Waals surface area contributed by atoms with Crippen molar-refractivity contribution in [3.63, 3.8) is 0 Å². The van der Waals surface area contributed by atoms with E-state index in [9.17, 15) is 0 Å². The van der Waals surface area contributed by atoms with Crippen LogP contribution in [0.3, 0.4) is 0 Å². The number of nitroso groups, excluding NO2 is 2. The fraction of sp³-hybridized carbons (Fsp3) is 0. The second-order valence-corrected chi connectivity index (χ2v) is 0. The molecule has 0 aromatic heterocycles. The standard InChI is InChI=1S/2NO.Ni/c2*1-2;/q2*-1;+2. The first-order chi connectivity index (χ1) is 2.00. The van der Waals surface area contributed by atoms with Gasteiger partial charge >= 0.3 is 16.5 Å². The molecular weight excluding hydrogens is 119 g/mol. The Bertz CT molecular complexity index is 9.61. The summed E-state index contributed by atoms with van der Waals surface area (Å²) < 4.78 is 0. The molecule has 0 heterocycles. The molecule has 5 heteroatoms. The maximum Gasteiger partial charge on any atom is 2.00 e. The third-order valence-electron chi connectivity index (χ3n) is 0. The van der Waals surface area contributed by atoms with E-state index in [1.807, 2.05) is 0 Å². The predicted molar refractivity (Wildman–Crippen MR) is 13.5 cm³/mol. The molecular formula is N2NiO2. The first-order valence-corrected chi connectivity index (χ1v) is 0.365. The zero-order valence-corrected chi connectivity index (χ0v) is 3.01. The molecule has 0 aliphatic heterocycles. The zero-order chi connectivity index (χ0) is 4.00. The minimum Gasteiger partial charge on any atom is -0.577 e. The molecule has 0 unspecified atom stereocenters. The largest absolute Gasteiger partial charge is 2.00 e. The van der Waals surface area contributed by atoms with Crippen LogP contribution in [0.1, 0.15) is 0 Å². The maximum absolute atomic E-state index is 7.25. The van der Waals surface area contributed by atoms with E-state index in [0.717, 1.165) is 0 Å². The van der Waals surface area contributed by atoms with E-state index in [1.165, 1.54) is 0 Å². The average Bonchev–Trinajstić information content (AvgIpc) is 1.50. The van der Waals surface area contributed by atoms with Crippen molar-refractivity contribution in [2.45, 2.75) is 0 Å². The summed E-state index contributed by atoms with van der Waals surface area (Å²) in [6.07, 6.45) is 0. The minimum absolute atomic E-state index is 0. The fourth-order valence-corrected chi connectivity index (χ4v) is 0. The third kappa shape index (κ3) is 113. The van der Waals surface area contributed by atoms with Gasteiger partial charge in [-0.15, -0.1) is 0 Å². The smallest absolute Gasteiger partial charge is 0.577 e. The van der Waals surface area contributed by atoms with Crippen molar-refractivity contribution in [3.8, 4) is 0 Å². The molecule has 0 amide bonds. The van der Waals surface area contributed by atoms with Crippen molar-refractivity contribution in [2.24, 2.45) is 0 Å². The number of hydrogen-bond acceptors (Lipinski definition) is 2. The summed E-state index contributed by atoms with van der Waals surface area (Å²) in [5.74, 6) is 0. The van der Waals surface area contributed by atoms with Gasteiger partial charge in [-0.1, -0.05) is 0 Å². The molecule has 0 spiro atoms. The molecule has 0 rings (SSSR count). The van der Waals surface area contributed by atoms with Gasteiger partial charge in [-0.05, 0) is 0 Å². The summed E-state index contributed by atoms with van der Waals surface area (Å²) in [5.41, 5.74) is 11.5. The van der Waals surface area contributed by atoms with E-state index < -0.39 is 0 Å². The Hall–Kier alpha value is -0.306. The van der Waals surface area contributed by atoms with Crippen molar-refractivity contribution >= 4 is 0 Å². The SMILES string of the molecule is [N-]=O.[N-]=O.[Ni+2]. The predicted octanol–water partition coefficient (Wildman–Crippen LogP) is 0.642. The van der Waals surface area contributed by atoms with E-state index >= 15 is 0 Å². The molecule has 0 saturated carbocycles. The summed E-state index contributed by atoms with van der Waals surface area (Å²) >= 11 is 0. The topological polar surface area (TPSA) is 78.7 Å². The monoisotopic (exact) mass is 118 g/mol. The van der Waals surface area contributed by atoms with Crippen molar-refractivity contribution in [3.05, 3.63) is 21.0 Å². The van der Waals surface area contributed by atoms with Gasteiger partial charge in [-0.3, -0.25) is 0 Å². The van der Waals surface area contributed by atoms with Gasteiger partial charge < -0.3 is 21.0 Å². The van der Waals surface area contributed by atoms with Crippen LogP contribution < -0.4 is 0 Å². The van der Waals surface area contributed by atoms with Crippen LogP contribution in [0.5, 0.6) is 0 Å². The molecule has 0 aliphatic rings. The molecule has 0 bridgehead atoms. The minimum atomic E-state index is 0. The van der Waals surface area contributed by atoms with E-state index in [0.29, 0.717) is 0 Å². The van der Waals surface area contributed by atoms with E-state index in [2.05, 4.69) is 0 Å². The Morgan fingerprint density at radius 2 is 0.800 bits per heavy atom. The molecule has 0 aromatic rings. The first kappa shape index (κ1) is 22.3. The number of rotatable bonds is 0. The van der Waals surface area contributed by atoms with E-state index in [1.54, 1.807) is 0 Å². The molecule has 0 aromatic carbocycles. The van der Waals surface area contributed by atoms with Crippen LogP contribution >= 0.6 is 0 Å².